The summed E-state index contributed by atoms with van der Waals surface area (Å²) in [6.07, 6.45) is 1.70. The Bertz CT molecular complexity index is 624. The zero-order valence-electron chi connectivity index (χ0n) is 8.90. The van der Waals surface area contributed by atoms with E-state index in [4.69, 9.17) is 16.7 Å². The predicted octanol–water partition coefficient (Wildman–Crippen LogP) is 1.33. The molecule has 0 atom stereocenters. The highest BCUT2D eigenvalue weighted by molar-refractivity contribution is 7.23. The molecule has 5 N–H and O–H groups in total. The average molecular weight is 246 g/mol. The number of nitrogens with zero attached hydrogens (tertiary/aromatic N) is 3. The van der Waals surface area contributed by atoms with Crippen molar-refractivity contribution < 1.29 is 0 Å². The van der Waals surface area contributed by atoms with E-state index in [1.165, 1.54) is 11.3 Å². The molecular formula is C10H10N6S. The molecule has 0 bridgehead atoms. The number of rotatable bonds is 3. The topological polar surface area (TPSA) is 114 Å². The fourth-order valence-corrected chi connectivity index (χ4v) is 2.41. The molecule has 0 fully saturated rings. The third-order valence-corrected chi connectivity index (χ3v) is 3.26. The van der Waals surface area contributed by atoms with Crippen molar-refractivity contribution in [3.63, 3.8) is 0 Å². The molecule has 0 aliphatic heterocycles. The number of hydrogen-bond donors (Lipinski definition) is 3. The first-order valence-electron chi connectivity index (χ1n) is 4.77. The highest BCUT2D eigenvalue weighted by Crippen LogP contribution is 2.36. The van der Waals surface area contributed by atoms with E-state index in [2.05, 4.69) is 27.9 Å². The van der Waals surface area contributed by atoms with Gasteiger partial charge in [-0.25, -0.2) is 4.98 Å². The maximum absolute atomic E-state index is 9.14. The first-order valence-corrected chi connectivity index (χ1v) is 5.59. The fraction of sp³-hybridized carbons (Fsp3) is 0.100. The molecule has 0 aliphatic rings. The van der Waals surface area contributed by atoms with Gasteiger partial charge in [-0.2, -0.15) is 10.2 Å². The number of anilines is 3. The molecule has 2 heterocycles. The summed E-state index contributed by atoms with van der Waals surface area (Å²) in [5.41, 5.74) is 12.2. The lowest BCUT2D eigenvalue weighted by Gasteiger charge is -1.97. The van der Waals surface area contributed by atoms with E-state index in [1.807, 2.05) is 0 Å². The van der Waals surface area contributed by atoms with Crippen LogP contribution in [-0.2, 0) is 0 Å². The van der Waals surface area contributed by atoms with Gasteiger partial charge in [-0.3, -0.25) is 0 Å². The van der Waals surface area contributed by atoms with Crippen LogP contribution in [0.2, 0.25) is 0 Å². The molecule has 6 nitrogen and oxygen atoms in total. The average Bonchev–Trinajstić information content (AvgIpc) is 2.64. The van der Waals surface area contributed by atoms with Crippen molar-refractivity contribution >= 4 is 38.3 Å². The second-order valence-electron chi connectivity index (χ2n) is 3.23. The van der Waals surface area contributed by atoms with Gasteiger partial charge in [0.05, 0.1) is 4.70 Å². The second-order valence-corrected chi connectivity index (χ2v) is 4.25. The smallest absolute Gasteiger partial charge is 0.222 e. The Labute approximate surface area is 102 Å². The summed E-state index contributed by atoms with van der Waals surface area (Å²) in [7, 11) is 0. The number of nitrogen functional groups attached to an aromatic ring is 2. The number of nitrogens with one attached hydrogen (secondary N) is 1. The summed E-state index contributed by atoms with van der Waals surface area (Å²) in [6, 6.07) is 2.09. The number of aromatic nitrogens is 2. The molecule has 0 saturated carbocycles. The van der Waals surface area contributed by atoms with Gasteiger partial charge >= 0.3 is 0 Å². The summed E-state index contributed by atoms with van der Waals surface area (Å²) in [5.74, 6) is 0.361. The minimum absolute atomic E-state index is 0.0690. The highest BCUT2D eigenvalue weighted by Gasteiger charge is 2.16. The van der Waals surface area contributed by atoms with Crippen LogP contribution < -0.4 is 16.8 Å². The molecule has 0 aliphatic carbocycles. The molecule has 0 radical (unpaired) electrons. The van der Waals surface area contributed by atoms with Crippen LogP contribution in [0, 0.1) is 11.3 Å². The molecule has 0 unspecified atom stereocenters. The van der Waals surface area contributed by atoms with Crippen LogP contribution in [0.15, 0.2) is 12.7 Å². The quantitative estimate of drug-likeness (QED) is 0.704. The Morgan fingerprint density at radius 1 is 1.47 bits per heavy atom. The fourth-order valence-electron chi connectivity index (χ4n) is 1.41. The predicted molar refractivity (Wildman–Crippen MR) is 69.6 cm³/mol. The number of hydrogen-bond acceptors (Lipinski definition) is 7. The van der Waals surface area contributed by atoms with E-state index in [0.29, 0.717) is 33.1 Å². The summed E-state index contributed by atoms with van der Waals surface area (Å²) >= 11 is 1.34. The second kappa shape index (κ2) is 4.27. The number of nitriles is 1. The van der Waals surface area contributed by atoms with Crippen molar-refractivity contribution in [2.75, 3.05) is 23.3 Å². The molecule has 0 saturated heterocycles. The largest absolute Gasteiger partial charge is 0.382 e. The Kier molecular flexibility index (Phi) is 2.80. The van der Waals surface area contributed by atoms with Crippen molar-refractivity contribution in [1.29, 1.82) is 5.26 Å². The summed E-state index contributed by atoms with van der Waals surface area (Å²) in [5, 5.41) is 12.9. The first kappa shape index (κ1) is 11.2. The highest BCUT2D eigenvalue weighted by atomic mass is 32.1. The molecule has 0 amide bonds. The monoisotopic (exact) mass is 246 g/mol. The minimum atomic E-state index is 0.0690. The van der Waals surface area contributed by atoms with Gasteiger partial charge in [0.1, 0.15) is 28.0 Å². The maximum Gasteiger partial charge on any atom is 0.222 e. The van der Waals surface area contributed by atoms with Gasteiger partial charge in [-0.15, -0.1) is 17.9 Å². The Morgan fingerprint density at radius 2 is 2.24 bits per heavy atom. The van der Waals surface area contributed by atoms with Gasteiger partial charge in [0.2, 0.25) is 5.95 Å². The van der Waals surface area contributed by atoms with E-state index in [1.54, 1.807) is 6.08 Å². The van der Waals surface area contributed by atoms with Crippen LogP contribution in [0.1, 0.15) is 5.56 Å². The first-order chi connectivity index (χ1) is 8.17. The molecule has 86 valence electrons. The third-order valence-electron chi connectivity index (χ3n) is 2.10. The van der Waals surface area contributed by atoms with Crippen LogP contribution >= 0.6 is 11.3 Å². The zero-order chi connectivity index (χ0) is 12.4. The molecular weight excluding hydrogens is 236 g/mol. The standard InChI is InChI=1S/C10H10N6S/c1-2-3-14-9-5(4-11)6-7(17-9)8(12)16-10(13)15-6/h2,14H,1,3H2,(H4,12,13,15,16). The van der Waals surface area contributed by atoms with Crippen LogP contribution in [-0.4, -0.2) is 16.5 Å². The van der Waals surface area contributed by atoms with Crippen molar-refractivity contribution in [1.82, 2.24) is 9.97 Å². The Morgan fingerprint density at radius 3 is 2.88 bits per heavy atom. The van der Waals surface area contributed by atoms with Crippen LogP contribution in [0.4, 0.5) is 16.8 Å². The summed E-state index contributed by atoms with van der Waals surface area (Å²) in [4.78, 5) is 7.91. The molecule has 2 aromatic heterocycles. The lowest BCUT2D eigenvalue weighted by molar-refractivity contribution is 1.25. The van der Waals surface area contributed by atoms with E-state index >= 15 is 0 Å². The third kappa shape index (κ3) is 1.86. The molecule has 2 aromatic rings. The van der Waals surface area contributed by atoms with Crippen LogP contribution in [0.5, 0.6) is 0 Å². The molecule has 17 heavy (non-hydrogen) atoms. The SMILES string of the molecule is C=CCNc1sc2c(N)nc(N)nc2c1C#N. The van der Waals surface area contributed by atoms with Crippen molar-refractivity contribution in [3.8, 4) is 6.07 Å². The van der Waals surface area contributed by atoms with E-state index in [0.717, 1.165) is 0 Å². The number of thiophene rings is 1. The van der Waals surface area contributed by atoms with Gasteiger partial charge in [-0.1, -0.05) is 6.08 Å². The van der Waals surface area contributed by atoms with Crippen LogP contribution in [0.3, 0.4) is 0 Å². The number of nitrogens with two attached hydrogens (primary N) is 2. The lowest BCUT2D eigenvalue weighted by atomic mass is 10.3. The van der Waals surface area contributed by atoms with Gasteiger partial charge in [0, 0.05) is 6.54 Å². The van der Waals surface area contributed by atoms with E-state index < -0.39 is 0 Å². The van der Waals surface area contributed by atoms with E-state index in [9.17, 15) is 0 Å². The maximum atomic E-state index is 9.14. The van der Waals surface area contributed by atoms with Gasteiger partial charge in [0.25, 0.3) is 0 Å². The number of fused-ring (bicyclic) bond motifs is 1. The Balaban J connectivity index is 2.67. The van der Waals surface area contributed by atoms with Crippen molar-refractivity contribution in [2.45, 2.75) is 0 Å². The van der Waals surface area contributed by atoms with Crippen LogP contribution in [0.25, 0.3) is 10.2 Å². The summed E-state index contributed by atoms with van der Waals surface area (Å²) < 4.78 is 0.669. The van der Waals surface area contributed by atoms with Crippen molar-refractivity contribution in [3.05, 3.63) is 18.2 Å². The molecule has 7 heteroatoms. The van der Waals surface area contributed by atoms with Crippen molar-refractivity contribution in [2.24, 2.45) is 0 Å². The van der Waals surface area contributed by atoms with E-state index in [-0.39, 0.29) is 5.95 Å². The summed E-state index contributed by atoms with van der Waals surface area (Å²) in [6.45, 7) is 4.16. The van der Waals surface area contributed by atoms with Gasteiger partial charge in [0.15, 0.2) is 0 Å². The Hall–Kier alpha value is -2.33. The normalized spacial score (nSPS) is 10.1. The molecule has 0 spiro atoms. The lowest BCUT2D eigenvalue weighted by Crippen LogP contribution is -1.99. The minimum Gasteiger partial charge on any atom is -0.382 e. The molecule has 0 aromatic carbocycles. The van der Waals surface area contributed by atoms with Gasteiger partial charge < -0.3 is 16.8 Å². The molecule has 2 rings (SSSR count). The zero-order valence-corrected chi connectivity index (χ0v) is 9.71. The van der Waals surface area contributed by atoms with Gasteiger partial charge in [-0.05, 0) is 0 Å².